The Bertz CT molecular complexity index is 810. The molecule has 1 unspecified atom stereocenters. The summed E-state index contributed by atoms with van der Waals surface area (Å²) in [7, 11) is 0. The molecule has 0 aliphatic carbocycles. The van der Waals surface area contributed by atoms with Crippen LogP contribution in [0.15, 0.2) is 46.9 Å². The number of hydrogen-bond acceptors (Lipinski definition) is 5. The van der Waals surface area contributed by atoms with Gasteiger partial charge in [0.15, 0.2) is 6.10 Å². The Balaban J connectivity index is 1.70. The number of carbonyl (C=O) groups is 1. The van der Waals surface area contributed by atoms with E-state index in [1.165, 1.54) is 12.1 Å². The summed E-state index contributed by atoms with van der Waals surface area (Å²) in [5.41, 5.74) is -0.130. The van der Waals surface area contributed by atoms with Crippen LogP contribution in [0, 0.1) is 10.1 Å². The summed E-state index contributed by atoms with van der Waals surface area (Å²) in [6, 6.07) is 11.2. The van der Waals surface area contributed by atoms with Crippen molar-refractivity contribution in [1.82, 2.24) is 5.32 Å². The number of halogens is 1. The molecule has 2 aromatic carbocycles. The predicted molar refractivity (Wildman–Crippen MR) is 98.6 cm³/mol. The van der Waals surface area contributed by atoms with E-state index in [4.69, 9.17) is 9.47 Å². The summed E-state index contributed by atoms with van der Waals surface area (Å²) in [6.07, 6.45) is 2.05. The molecule has 2 aromatic rings. The predicted octanol–water partition coefficient (Wildman–Crippen LogP) is 4.20. The minimum Gasteiger partial charge on any atom is -0.481 e. The highest BCUT2D eigenvalue weighted by molar-refractivity contribution is 9.10. The van der Waals surface area contributed by atoms with Crippen molar-refractivity contribution in [3.8, 4) is 17.2 Å². The fourth-order valence-electron chi connectivity index (χ4n) is 2.62. The number of nitro benzene ring substituents is 1. The Morgan fingerprint density at radius 3 is 2.58 bits per heavy atom. The molecule has 0 spiro atoms. The Morgan fingerprint density at radius 1 is 1.12 bits per heavy atom. The number of ether oxygens (including phenoxy) is 2. The molecule has 1 heterocycles. The molecule has 1 fully saturated rings. The average molecular weight is 421 g/mol. The van der Waals surface area contributed by atoms with Crippen LogP contribution in [-0.2, 0) is 4.79 Å². The molecule has 1 atom stereocenters. The highest BCUT2D eigenvalue weighted by Gasteiger charge is 2.22. The van der Waals surface area contributed by atoms with Crippen LogP contribution in [0.2, 0.25) is 0 Å². The van der Waals surface area contributed by atoms with Crippen molar-refractivity contribution in [1.29, 1.82) is 0 Å². The van der Waals surface area contributed by atoms with Crippen LogP contribution in [-0.4, -0.2) is 23.5 Å². The monoisotopic (exact) mass is 420 g/mol. The van der Waals surface area contributed by atoms with Gasteiger partial charge in [-0.25, -0.2) is 0 Å². The molecule has 7 nitrogen and oxygen atoms in total. The maximum absolute atomic E-state index is 11.9. The van der Waals surface area contributed by atoms with Crippen LogP contribution in [0.1, 0.15) is 19.3 Å². The lowest BCUT2D eigenvalue weighted by molar-refractivity contribution is -0.385. The number of hydrogen-bond donors (Lipinski definition) is 1. The third-order valence-corrected chi connectivity index (χ3v) is 4.43. The molecule has 26 heavy (non-hydrogen) atoms. The first-order valence-electron chi connectivity index (χ1n) is 8.19. The zero-order valence-electron chi connectivity index (χ0n) is 13.8. The van der Waals surface area contributed by atoms with Crippen molar-refractivity contribution in [3.05, 3.63) is 57.1 Å². The zero-order chi connectivity index (χ0) is 18.5. The number of rotatable bonds is 5. The van der Waals surface area contributed by atoms with Gasteiger partial charge in [-0.1, -0.05) is 15.9 Å². The molecular weight excluding hydrogens is 404 g/mol. The molecule has 8 heteroatoms. The molecule has 1 saturated heterocycles. The number of amides is 1. The van der Waals surface area contributed by atoms with Gasteiger partial charge < -0.3 is 14.8 Å². The van der Waals surface area contributed by atoms with E-state index in [0.29, 0.717) is 28.9 Å². The second-order valence-electron chi connectivity index (χ2n) is 5.84. The first kappa shape index (κ1) is 18.2. The van der Waals surface area contributed by atoms with Crippen LogP contribution >= 0.6 is 15.9 Å². The number of nitrogens with one attached hydrogen (secondary N) is 1. The van der Waals surface area contributed by atoms with Gasteiger partial charge in [0, 0.05) is 17.1 Å². The molecule has 1 aliphatic rings. The van der Waals surface area contributed by atoms with Crippen LogP contribution in [0.25, 0.3) is 0 Å². The van der Waals surface area contributed by atoms with Crippen molar-refractivity contribution >= 4 is 27.5 Å². The SMILES string of the molecule is O=C1NCCCCC1Oc1ccc(Oc2ccc(Br)cc2[N+](=O)[O-])cc1. The van der Waals surface area contributed by atoms with E-state index >= 15 is 0 Å². The topological polar surface area (TPSA) is 90.7 Å². The second-order valence-corrected chi connectivity index (χ2v) is 6.75. The van der Waals surface area contributed by atoms with E-state index in [0.717, 1.165) is 12.8 Å². The van der Waals surface area contributed by atoms with Gasteiger partial charge in [-0.15, -0.1) is 0 Å². The Labute approximate surface area is 158 Å². The minimum atomic E-state index is -0.503. The number of nitrogens with zero attached hydrogens (tertiary/aromatic N) is 1. The van der Waals surface area contributed by atoms with Gasteiger partial charge in [-0.05, 0) is 55.7 Å². The molecule has 1 N–H and O–H groups in total. The summed E-state index contributed by atoms with van der Waals surface area (Å²) in [4.78, 5) is 22.6. The highest BCUT2D eigenvalue weighted by Crippen LogP contribution is 2.34. The standard InChI is InChI=1S/C18H17BrN2O5/c19-12-4-9-16(15(11-12)21(23)24)25-13-5-7-14(8-6-13)26-17-3-1-2-10-20-18(17)22/h4-9,11,17H,1-3,10H2,(H,20,22). The maximum atomic E-state index is 11.9. The second kappa shape index (κ2) is 8.18. The van der Waals surface area contributed by atoms with Crippen LogP contribution in [0.5, 0.6) is 17.2 Å². The third-order valence-electron chi connectivity index (χ3n) is 3.93. The van der Waals surface area contributed by atoms with Gasteiger partial charge in [-0.2, -0.15) is 0 Å². The lowest BCUT2D eigenvalue weighted by Gasteiger charge is -2.16. The molecule has 1 aliphatic heterocycles. The average Bonchev–Trinajstić information content (AvgIpc) is 2.82. The van der Waals surface area contributed by atoms with Gasteiger partial charge >= 0.3 is 5.69 Å². The van der Waals surface area contributed by atoms with Gasteiger partial charge in [0.25, 0.3) is 5.91 Å². The molecule has 3 rings (SSSR count). The molecule has 0 aromatic heterocycles. The first-order valence-corrected chi connectivity index (χ1v) is 8.98. The van der Waals surface area contributed by atoms with E-state index < -0.39 is 11.0 Å². The number of carbonyl (C=O) groups excluding carboxylic acids is 1. The lowest BCUT2D eigenvalue weighted by Crippen LogP contribution is -2.36. The molecule has 136 valence electrons. The highest BCUT2D eigenvalue weighted by atomic mass is 79.9. The molecule has 0 saturated carbocycles. The Kier molecular flexibility index (Phi) is 5.72. The third kappa shape index (κ3) is 4.51. The zero-order valence-corrected chi connectivity index (χ0v) is 15.4. The van der Waals surface area contributed by atoms with E-state index in [9.17, 15) is 14.9 Å². The van der Waals surface area contributed by atoms with Gasteiger partial charge in [-0.3, -0.25) is 14.9 Å². The Morgan fingerprint density at radius 2 is 1.85 bits per heavy atom. The summed E-state index contributed by atoms with van der Waals surface area (Å²) >= 11 is 3.21. The van der Waals surface area contributed by atoms with E-state index in [1.54, 1.807) is 30.3 Å². The van der Waals surface area contributed by atoms with Crippen LogP contribution in [0.3, 0.4) is 0 Å². The van der Waals surface area contributed by atoms with Crippen LogP contribution in [0.4, 0.5) is 5.69 Å². The number of nitro groups is 1. The van der Waals surface area contributed by atoms with Gasteiger partial charge in [0.2, 0.25) is 5.75 Å². The summed E-state index contributed by atoms with van der Waals surface area (Å²) in [6.45, 7) is 0.678. The van der Waals surface area contributed by atoms with Crippen molar-refractivity contribution in [3.63, 3.8) is 0 Å². The maximum Gasteiger partial charge on any atom is 0.312 e. The fourth-order valence-corrected chi connectivity index (χ4v) is 2.97. The van der Waals surface area contributed by atoms with Crippen LogP contribution < -0.4 is 14.8 Å². The summed E-state index contributed by atoms with van der Waals surface area (Å²) in [5, 5.41) is 14.0. The largest absolute Gasteiger partial charge is 0.481 e. The molecule has 0 bridgehead atoms. The lowest BCUT2D eigenvalue weighted by atomic mass is 10.2. The van der Waals surface area contributed by atoms with Gasteiger partial charge in [0.1, 0.15) is 11.5 Å². The fraction of sp³-hybridized carbons (Fsp3) is 0.278. The Hall–Kier alpha value is -2.61. The quantitative estimate of drug-likeness (QED) is 0.577. The smallest absolute Gasteiger partial charge is 0.312 e. The summed E-state index contributed by atoms with van der Waals surface area (Å²) < 4.78 is 12.0. The van der Waals surface area contributed by atoms with E-state index in [2.05, 4.69) is 21.2 Å². The van der Waals surface area contributed by atoms with Crippen molar-refractivity contribution in [2.45, 2.75) is 25.4 Å². The van der Waals surface area contributed by atoms with Gasteiger partial charge in [0.05, 0.1) is 4.92 Å². The van der Waals surface area contributed by atoms with E-state index in [1.807, 2.05) is 0 Å². The van der Waals surface area contributed by atoms with Crippen molar-refractivity contribution in [2.24, 2.45) is 0 Å². The van der Waals surface area contributed by atoms with Crippen molar-refractivity contribution in [2.75, 3.05) is 6.54 Å². The van der Waals surface area contributed by atoms with E-state index in [-0.39, 0.29) is 17.3 Å². The summed E-state index contributed by atoms with van der Waals surface area (Å²) in [5.74, 6) is 1.03. The minimum absolute atomic E-state index is 0.103. The first-order chi connectivity index (χ1) is 12.5. The molecule has 0 radical (unpaired) electrons. The normalized spacial score (nSPS) is 17.1. The molecular formula is C18H17BrN2O5. The molecule has 1 amide bonds. The number of benzene rings is 2. The van der Waals surface area contributed by atoms with Crippen molar-refractivity contribution < 1.29 is 19.2 Å².